The number of anilines is 1. The van der Waals surface area contributed by atoms with Crippen LogP contribution in [-0.4, -0.2) is 6.21 Å². The van der Waals surface area contributed by atoms with Gasteiger partial charge in [-0.05, 0) is 97.8 Å². The van der Waals surface area contributed by atoms with E-state index in [1.807, 2.05) is 30.5 Å². The van der Waals surface area contributed by atoms with E-state index in [9.17, 15) is 0 Å². The summed E-state index contributed by atoms with van der Waals surface area (Å²) in [4.78, 5) is 4.72. The van der Waals surface area contributed by atoms with E-state index >= 15 is 0 Å². The van der Waals surface area contributed by atoms with Crippen molar-refractivity contribution in [2.45, 2.75) is 45.8 Å². The summed E-state index contributed by atoms with van der Waals surface area (Å²) in [6.07, 6.45) is 7.77. The average molecular weight is 499 g/mol. The van der Waals surface area contributed by atoms with Crippen molar-refractivity contribution in [3.8, 4) is 5.75 Å². The van der Waals surface area contributed by atoms with Crippen molar-refractivity contribution >= 4 is 17.6 Å². The van der Waals surface area contributed by atoms with Gasteiger partial charge in [-0.1, -0.05) is 71.3 Å². The lowest BCUT2D eigenvalue weighted by molar-refractivity contribution is 0.306. The fourth-order valence-corrected chi connectivity index (χ4v) is 5.93. The number of aryl methyl sites for hydroxylation is 3. The maximum atomic E-state index is 5.99. The van der Waals surface area contributed by atoms with Crippen LogP contribution in [0, 0.1) is 26.7 Å². The predicted molar refractivity (Wildman–Crippen MR) is 158 cm³/mol. The van der Waals surface area contributed by atoms with Gasteiger partial charge in [0.15, 0.2) is 0 Å². The summed E-state index contributed by atoms with van der Waals surface area (Å²) in [5, 5.41) is 3.83. The van der Waals surface area contributed by atoms with E-state index in [2.05, 4.69) is 98.9 Å². The highest BCUT2D eigenvalue weighted by molar-refractivity contribution is 5.82. The molecule has 1 N–H and O–H groups in total. The Bertz CT molecular complexity index is 1480. The number of aliphatic imine (C=N–C) groups is 1. The number of nitrogens with one attached hydrogen (secondary N) is 1. The van der Waals surface area contributed by atoms with Gasteiger partial charge in [-0.15, -0.1) is 0 Å². The molecule has 1 aliphatic carbocycles. The minimum absolute atomic E-state index is 0.305. The number of allylic oxidation sites excluding steroid dienone is 2. The Hall–Kier alpha value is -4.11. The third-order valence-corrected chi connectivity index (χ3v) is 7.70. The second kappa shape index (κ2) is 10.3. The maximum Gasteiger partial charge on any atom is 0.119 e. The zero-order chi connectivity index (χ0) is 26.1. The lowest BCUT2D eigenvalue weighted by atomic mass is 9.76. The van der Waals surface area contributed by atoms with Crippen LogP contribution in [0.3, 0.4) is 0 Å². The normalized spacial score (nSPS) is 19.7. The van der Waals surface area contributed by atoms with Crippen LogP contribution in [0.15, 0.2) is 102 Å². The molecule has 0 unspecified atom stereocenters. The van der Waals surface area contributed by atoms with E-state index in [4.69, 9.17) is 9.73 Å². The highest BCUT2D eigenvalue weighted by atomic mass is 16.5. The molecule has 3 atom stereocenters. The number of hydrogen-bond donors (Lipinski definition) is 1. The molecule has 0 saturated carbocycles. The van der Waals surface area contributed by atoms with Crippen molar-refractivity contribution in [2.24, 2.45) is 10.9 Å². The molecule has 6 rings (SSSR count). The first-order valence-corrected chi connectivity index (χ1v) is 13.5. The number of fused-ring (bicyclic) bond motifs is 3. The molecule has 0 spiro atoms. The number of benzene rings is 4. The zero-order valence-electron chi connectivity index (χ0n) is 22.3. The zero-order valence-corrected chi connectivity index (χ0v) is 22.3. The third-order valence-electron chi connectivity index (χ3n) is 7.70. The molecule has 2 aliphatic rings. The van der Waals surface area contributed by atoms with Crippen molar-refractivity contribution < 1.29 is 4.74 Å². The molecule has 1 heterocycles. The quantitative estimate of drug-likeness (QED) is 0.213. The number of nitrogens with zero attached hydrogens (tertiary/aromatic N) is 1. The SMILES string of the molecule is Cc1cc(C)cc(COc2ccc(C=Nc3ccc([C@@H]4Nc5ccc(C)cc5[C@@H]5C=CC[C@@H]54)cc3)cc2)c1. The molecule has 3 heteroatoms. The molecule has 190 valence electrons. The average Bonchev–Trinajstić information content (AvgIpc) is 3.41. The van der Waals surface area contributed by atoms with Crippen LogP contribution >= 0.6 is 0 Å². The van der Waals surface area contributed by atoms with Crippen LogP contribution in [0.25, 0.3) is 0 Å². The maximum absolute atomic E-state index is 5.99. The first-order valence-electron chi connectivity index (χ1n) is 13.5. The Morgan fingerprint density at radius 2 is 1.61 bits per heavy atom. The second-order valence-corrected chi connectivity index (χ2v) is 10.8. The molecule has 0 fully saturated rings. The van der Waals surface area contributed by atoms with Crippen molar-refractivity contribution in [2.75, 3.05) is 5.32 Å². The van der Waals surface area contributed by atoms with Crippen LogP contribution in [0.4, 0.5) is 11.4 Å². The van der Waals surface area contributed by atoms with Crippen LogP contribution in [0.1, 0.15) is 57.3 Å². The van der Waals surface area contributed by atoms with Gasteiger partial charge in [0.1, 0.15) is 12.4 Å². The second-order valence-electron chi connectivity index (χ2n) is 10.8. The molecule has 0 saturated heterocycles. The summed E-state index contributed by atoms with van der Waals surface area (Å²) < 4.78 is 5.99. The van der Waals surface area contributed by atoms with Crippen LogP contribution in [-0.2, 0) is 6.61 Å². The van der Waals surface area contributed by atoms with Crippen LogP contribution in [0.2, 0.25) is 0 Å². The van der Waals surface area contributed by atoms with Gasteiger partial charge >= 0.3 is 0 Å². The Kier molecular flexibility index (Phi) is 6.59. The molecule has 0 amide bonds. The van der Waals surface area contributed by atoms with E-state index in [-0.39, 0.29) is 0 Å². The van der Waals surface area contributed by atoms with Crippen LogP contribution in [0.5, 0.6) is 5.75 Å². The number of hydrogen-bond acceptors (Lipinski definition) is 3. The fourth-order valence-electron chi connectivity index (χ4n) is 5.93. The van der Waals surface area contributed by atoms with E-state index in [0.717, 1.165) is 23.4 Å². The van der Waals surface area contributed by atoms with Crippen molar-refractivity contribution in [3.05, 3.63) is 136 Å². The lowest BCUT2D eigenvalue weighted by Gasteiger charge is -2.37. The van der Waals surface area contributed by atoms with Crippen molar-refractivity contribution in [1.82, 2.24) is 0 Å². The molecule has 38 heavy (non-hydrogen) atoms. The van der Waals surface area contributed by atoms with Crippen molar-refractivity contribution in [1.29, 1.82) is 0 Å². The summed E-state index contributed by atoms with van der Waals surface area (Å²) in [6.45, 7) is 6.98. The van der Waals surface area contributed by atoms with Gasteiger partial charge in [0, 0.05) is 17.8 Å². The minimum Gasteiger partial charge on any atom is -0.489 e. The highest BCUT2D eigenvalue weighted by Crippen LogP contribution is 2.50. The molecule has 0 bridgehead atoms. The summed E-state index contributed by atoms with van der Waals surface area (Å²) in [5.74, 6) is 1.90. The van der Waals surface area contributed by atoms with Crippen molar-refractivity contribution in [3.63, 3.8) is 0 Å². The molecule has 4 aromatic carbocycles. The Labute approximate surface area is 225 Å². The molecular formula is C35H34N2O. The minimum atomic E-state index is 0.305. The highest BCUT2D eigenvalue weighted by Gasteiger charge is 2.37. The summed E-state index contributed by atoms with van der Waals surface area (Å²) in [5.41, 5.74) is 11.1. The topological polar surface area (TPSA) is 33.6 Å². The fraction of sp³-hybridized carbons (Fsp3) is 0.229. The smallest absolute Gasteiger partial charge is 0.119 e. The van der Waals surface area contributed by atoms with Gasteiger partial charge in [-0.25, -0.2) is 0 Å². The Morgan fingerprint density at radius 1 is 0.842 bits per heavy atom. The third kappa shape index (κ3) is 5.15. The number of rotatable bonds is 6. The molecule has 3 nitrogen and oxygen atoms in total. The van der Waals surface area contributed by atoms with Crippen LogP contribution < -0.4 is 10.1 Å². The Morgan fingerprint density at radius 3 is 2.37 bits per heavy atom. The molecular weight excluding hydrogens is 464 g/mol. The van der Waals surface area contributed by atoms with E-state index in [0.29, 0.717) is 24.5 Å². The molecule has 0 aromatic heterocycles. The molecule has 1 aliphatic heterocycles. The van der Waals surface area contributed by atoms with Gasteiger partial charge < -0.3 is 10.1 Å². The predicted octanol–water partition coefficient (Wildman–Crippen LogP) is 8.77. The summed E-state index contributed by atoms with van der Waals surface area (Å²) in [7, 11) is 0. The summed E-state index contributed by atoms with van der Waals surface area (Å²) >= 11 is 0. The van der Waals surface area contributed by atoms with Gasteiger partial charge in [-0.2, -0.15) is 0 Å². The standard InChI is InChI=1S/C35H34N2O/c1-23-7-16-34-33(20-23)31-5-4-6-32(31)35(37-34)28-10-12-29(13-11-28)36-21-26-8-14-30(15-9-26)38-22-27-18-24(2)17-25(3)19-27/h4-5,7-21,31-32,35,37H,6,22H2,1-3H3/t31-,32+,35+/m1/s1. The van der Waals surface area contributed by atoms with E-state index in [1.54, 1.807) is 0 Å². The van der Waals surface area contributed by atoms with E-state index < -0.39 is 0 Å². The lowest BCUT2D eigenvalue weighted by Crippen LogP contribution is -2.29. The van der Waals surface area contributed by atoms with Gasteiger partial charge in [0.05, 0.1) is 11.7 Å². The monoisotopic (exact) mass is 498 g/mol. The molecule has 4 aromatic rings. The van der Waals surface area contributed by atoms with Gasteiger partial charge in [0.2, 0.25) is 0 Å². The first kappa shape index (κ1) is 24.2. The molecule has 0 radical (unpaired) electrons. The van der Waals surface area contributed by atoms with Gasteiger partial charge in [-0.3, -0.25) is 4.99 Å². The Balaban J connectivity index is 1.10. The summed E-state index contributed by atoms with van der Waals surface area (Å²) in [6, 6.07) is 30.4. The van der Waals surface area contributed by atoms with Gasteiger partial charge in [0.25, 0.3) is 0 Å². The van der Waals surface area contributed by atoms with E-state index in [1.165, 1.54) is 39.1 Å². The largest absolute Gasteiger partial charge is 0.489 e. The number of ether oxygens (including phenoxy) is 1. The first-order chi connectivity index (χ1) is 18.5.